The summed E-state index contributed by atoms with van der Waals surface area (Å²) in [6.45, 7) is 2.11. The van der Waals surface area contributed by atoms with E-state index in [0.29, 0.717) is 10.6 Å². The van der Waals surface area contributed by atoms with Crippen molar-refractivity contribution < 1.29 is 4.79 Å². The number of rotatable bonds is 4. The quantitative estimate of drug-likeness (QED) is 0.818. The monoisotopic (exact) mass is 211 g/mol. The summed E-state index contributed by atoms with van der Waals surface area (Å²) in [5.74, 6) is -0.382. The lowest BCUT2D eigenvalue weighted by Gasteiger charge is -2.06. The second-order valence-corrected chi connectivity index (χ2v) is 3.71. The predicted octanol–water partition coefficient (Wildman–Crippen LogP) is 2.78. The van der Waals surface area contributed by atoms with E-state index in [1.807, 2.05) is 6.07 Å². The van der Waals surface area contributed by atoms with Gasteiger partial charge in [0.1, 0.15) is 0 Å². The van der Waals surface area contributed by atoms with Gasteiger partial charge in [-0.15, -0.1) is 0 Å². The van der Waals surface area contributed by atoms with E-state index < -0.39 is 0 Å². The Bertz CT molecular complexity index is 336. The summed E-state index contributed by atoms with van der Waals surface area (Å²) >= 11 is 5.85. The van der Waals surface area contributed by atoms with Crippen LogP contribution in [0.15, 0.2) is 18.2 Å². The van der Waals surface area contributed by atoms with Gasteiger partial charge in [0, 0.05) is 10.6 Å². The van der Waals surface area contributed by atoms with Crippen molar-refractivity contribution in [3.05, 3.63) is 34.3 Å². The van der Waals surface area contributed by atoms with Gasteiger partial charge in [0.05, 0.1) is 0 Å². The van der Waals surface area contributed by atoms with E-state index in [1.165, 1.54) is 0 Å². The van der Waals surface area contributed by atoms with Gasteiger partial charge in [0.15, 0.2) is 0 Å². The van der Waals surface area contributed by atoms with Gasteiger partial charge in [0.25, 0.3) is 0 Å². The molecule has 1 aromatic carbocycles. The highest BCUT2D eigenvalue weighted by Crippen LogP contribution is 2.17. The molecule has 0 saturated carbocycles. The summed E-state index contributed by atoms with van der Waals surface area (Å²) in [4.78, 5) is 11.1. The lowest BCUT2D eigenvalue weighted by molar-refractivity contribution is 0.0999. The Kier molecular flexibility index (Phi) is 3.96. The van der Waals surface area contributed by atoms with Crippen LogP contribution >= 0.6 is 11.6 Å². The van der Waals surface area contributed by atoms with E-state index in [9.17, 15) is 4.79 Å². The third-order valence-corrected chi connectivity index (χ3v) is 2.37. The molecule has 1 rings (SSSR count). The van der Waals surface area contributed by atoms with Gasteiger partial charge in [-0.25, -0.2) is 0 Å². The second-order valence-electron chi connectivity index (χ2n) is 3.27. The topological polar surface area (TPSA) is 43.1 Å². The number of carbonyl (C=O) groups excluding carboxylic acids is 1. The number of hydrogen-bond donors (Lipinski definition) is 1. The number of hydrogen-bond acceptors (Lipinski definition) is 1. The van der Waals surface area contributed by atoms with Gasteiger partial charge in [-0.3, -0.25) is 4.79 Å². The first-order valence-electron chi connectivity index (χ1n) is 4.73. The number of aryl methyl sites for hydroxylation is 1. The van der Waals surface area contributed by atoms with Crippen LogP contribution in [0.25, 0.3) is 0 Å². The number of unbranched alkanes of at least 4 members (excludes halogenated alkanes) is 1. The third kappa shape index (κ3) is 2.74. The van der Waals surface area contributed by atoms with E-state index in [-0.39, 0.29) is 5.91 Å². The molecule has 0 saturated heterocycles. The highest BCUT2D eigenvalue weighted by Gasteiger charge is 2.07. The van der Waals surface area contributed by atoms with Crippen LogP contribution < -0.4 is 5.73 Å². The minimum absolute atomic E-state index is 0.382. The van der Waals surface area contributed by atoms with Crippen molar-refractivity contribution >= 4 is 17.5 Å². The number of halogens is 1. The Hall–Kier alpha value is -1.02. The van der Waals surface area contributed by atoms with E-state index in [0.717, 1.165) is 24.8 Å². The normalized spacial score (nSPS) is 10.1. The minimum atomic E-state index is -0.382. The number of amides is 1. The van der Waals surface area contributed by atoms with Crippen LogP contribution in [0.2, 0.25) is 5.02 Å². The van der Waals surface area contributed by atoms with Crippen LogP contribution in [-0.4, -0.2) is 5.91 Å². The van der Waals surface area contributed by atoms with Gasteiger partial charge in [0.2, 0.25) is 5.91 Å². The van der Waals surface area contributed by atoms with Crippen molar-refractivity contribution in [2.24, 2.45) is 5.73 Å². The summed E-state index contributed by atoms with van der Waals surface area (Å²) < 4.78 is 0. The van der Waals surface area contributed by atoms with Crippen molar-refractivity contribution in [1.82, 2.24) is 0 Å². The number of nitrogens with two attached hydrogens (primary N) is 1. The molecule has 0 bridgehead atoms. The molecule has 2 N–H and O–H groups in total. The van der Waals surface area contributed by atoms with E-state index in [1.54, 1.807) is 12.1 Å². The maximum atomic E-state index is 11.1. The van der Waals surface area contributed by atoms with Crippen LogP contribution in [0.4, 0.5) is 0 Å². The largest absolute Gasteiger partial charge is 0.366 e. The van der Waals surface area contributed by atoms with Crippen LogP contribution in [0, 0.1) is 0 Å². The standard InChI is InChI=1S/C11H14ClNO/c1-2-3-4-8-7-9(12)5-6-10(8)11(13)14/h5-7H,2-4H2,1H3,(H2,13,14). The molecule has 1 amide bonds. The van der Waals surface area contributed by atoms with Gasteiger partial charge in [-0.05, 0) is 36.6 Å². The molecule has 0 fully saturated rings. The molecular formula is C11H14ClNO. The van der Waals surface area contributed by atoms with Crippen molar-refractivity contribution in [3.63, 3.8) is 0 Å². The summed E-state index contributed by atoms with van der Waals surface area (Å²) in [6.07, 6.45) is 2.99. The molecule has 0 aliphatic heterocycles. The fourth-order valence-electron chi connectivity index (χ4n) is 1.38. The van der Waals surface area contributed by atoms with E-state index >= 15 is 0 Å². The lowest BCUT2D eigenvalue weighted by atomic mass is 10.0. The smallest absolute Gasteiger partial charge is 0.248 e. The fraction of sp³-hybridized carbons (Fsp3) is 0.364. The van der Waals surface area contributed by atoms with E-state index in [2.05, 4.69) is 6.92 Å². The first kappa shape index (κ1) is 11.1. The predicted molar refractivity (Wildman–Crippen MR) is 58.6 cm³/mol. The molecule has 0 unspecified atom stereocenters. The fourth-order valence-corrected chi connectivity index (χ4v) is 1.57. The molecule has 0 radical (unpaired) electrons. The third-order valence-electron chi connectivity index (χ3n) is 2.13. The second kappa shape index (κ2) is 5.01. The molecule has 1 aromatic rings. The average Bonchev–Trinajstić information content (AvgIpc) is 2.14. The lowest BCUT2D eigenvalue weighted by Crippen LogP contribution is -2.13. The Labute approximate surface area is 89.1 Å². The summed E-state index contributed by atoms with van der Waals surface area (Å²) in [6, 6.07) is 5.20. The van der Waals surface area contributed by atoms with Crippen LogP contribution in [0.5, 0.6) is 0 Å². The summed E-state index contributed by atoms with van der Waals surface area (Å²) in [5.41, 5.74) is 6.79. The molecule has 0 atom stereocenters. The molecule has 2 nitrogen and oxygen atoms in total. The summed E-state index contributed by atoms with van der Waals surface area (Å²) in [5, 5.41) is 0.654. The zero-order chi connectivity index (χ0) is 10.6. The number of carbonyl (C=O) groups is 1. The van der Waals surface area contributed by atoms with Crippen molar-refractivity contribution in [3.8, 4) is 0 Å². The number of primary amides is 1. The van der Waals surface area contributed by atoms with Gasteiger partial charge < -0.3 is 5.73 Å². The SMILES string of the molecule is CCCCc1cc(Cl)ccc1C(N)=O. The highest BCUT2D eigenvalue weighted by atomic mass is 35.5. The number of benzene rings is 1. The summed E-state index contributed by atoms with van der Waals surface area (Å²) in [7, 11) is 0. The Balaban J connectivity index is 2.97. The first-order valence-corrected chi connectivity index (χ1v) is 5.11. The maximum Gasteiger partial charge on any atom is 0.248 e. The molecule has 0 aromatic heterocycles. The molecule has 3 heteroatoms. The molecule has 0 aliphatic carbocycles. The molecule has 0 heterocycles. The van der Waals surface area contributed by atoms with Gasteiger partial charge in [-0.1, -0.05) is 24.9 Å². The Morgan fingerprint density at radius 1 is 1.50 bits per heavy atom. The van der Waals surface area contributed by atoms with Gasteiger partial charge >= 0.3 is 0 Å². The minimum Gasteiger partial charge on any atom is -0.366 e. The first-order chi connectivity index (χ1) is 6.65. The zero-order valence-electron chi connectivity index (χ0n) is 8.22. The average molecular weight is 212 g/mol. The molecule has 76 valence electrons. The highest BCUT2D eigenvalue weighted by molar-refractivity contribution is 6.30. The Morgan fingerprint density at radius 2 is 2.21 bits per heavy atom. The molecule has 0 aliphatic rings. The molecular weight excluding hydrogens is 198 g/mol. The maximum absolute atomic E-state index is 11.1. The van der Waals surface area contributed by atoms with E-state index in [4.69, 9.17) is 17.3 Å². The van der Waals surface area contributed by atoms with Crippen molar-refractivity contribution in [2.45, 2.75) is 26.2 Å². The Morgan fingerprint density at radius 3 is 2.79 bits per heavy atom. The van der Waals surface area contributed by atoms with Crippen LogP contribution in [-0.2, 0) is 6.42 Å². The molecule has 0 spiro atoms. The van der Waals surface area contributed by atoms with Gasteiger partial charge in [-0.2, -0.15) is 0 Å². The van der Waals surface area contributed by atoms with Crippen molar-refractivity contribution in [1.29, 1.82) is 0 Å². The van der Waals surface area contributed by atoms with Crippen LogP contribution in [0.1, 0.15) is 35.7 Å². The van der Waals surface area contributed by atoms with Crippen molar-refractivity contribution in [2.75, 3.05) is 0 Å². The molecule has 14 heavy (non-hydrogen) atoms. The van der Waals surface area contributed by atoms with Crippen LogP contribution in [0.3, 0.4) is 0 Å². The zero-order valence-corrected chi connectivity index (χ0v) is 8.97.